The van der Waals surface area contributed by atoms with Gasteiger partial charge in [-0.15, -0.1) is 0 Å². The van der Waals surface area contributed by atoms with Gasteiger partial charge in [0.1, 0.15) is 19.3 Å². The van der Waals surface area contributed by atoms with E-state index in [-0.39, 0.29) is 25.7 Å². The van der Waals surface area contributed by atoms with Crippen LogP contribution < -0.4 is 0 Å². The van der Waals surface area contributed by atoms with Crippen molar-refractivity contribution < 1.29 is 80.2 Å². The molecule has 0 aromatic rings. The van der Waals surface area contributed by atoms with Crippen molar-refractivity contribution in [1.82, 2.24) is 0 Å². The largest absolute Gasteiger partial charge is 0.472 e. The molecule has 0 aliphatic heterocycles. The first-order valence-electron chi connectivity index (χ1n) is 33.9. The quantitative estimate of drug-likeness (QED) is 0.0222. The van der Waals surface area contributed by atoms with Crippen molar-refractivity contribution in [2.75, 3.05) is 39.6 Å². The zero-order valence-corrected chi connectivity index (χ0v) is 56.1. The van der Waals surface area contributed by atoms with Crippen molar-refractivity contribution in [3.8, 4) is 0 Å². The van der Waals surface area contributed by atoms with Crippen molar-refractivity contribution in [1.29, 1.82) is 0 Å². The number of ether oxygens (including phenoxy) is 4. The molecule has 498 valence electrons. The second-order valence-corrected chi connectivity index (χ2v) is 27.6. The number of aliphatic hydroxyl groups excluding tert-OH is 1. The highest BCUT2D eigenvalue weighted by atomic mass is 31.2. The van der Waals surface area contributed by atoms with Crippen LogP contribution in [0.2, 0.25) is 0 Å². The maximum Gasteiger partial charge on any atom is 0.472 e. The van der Waals surface area contributed by atoms with Crippen LogP contribution in [0.25, 0.3) is 0 Å². The van der Waals surface area contributed by atoms with Gasteiger partial charge in [-0.2, -0.15) is 0 Å². The Morgan fingerprint density at radius 3 is 0.905 bits per heavy atom. The molecule has 0 aliphatic carbocycles. The van der Waals surface area contributed by atoms with E-state index >= 15 is 0 Å². The summed E-state index contributed by atoms with van der Waals surface area (Å²) in [6, 6.07) is 0. The molecule has 0 aromatic carbocycles. The van der Waals surface area contributed by atoms with E-state index in [9.17, 15) is 43.2 Å². The summed E-state index contributed by atoms with van der Waals surface area (Å²) in [7, 11) is -9.89. The minimum absolute atomic E-state index is 0.102. The molecule has 0 spiro atoms. The molecule has 17 nitrogen and oxygen atoms in total. The number of phosphoric ester groups is 2. The van der Waals surface area contributed by atoms with Crippen molar-refractivity contribution in [2.45, 2.75) is 336 Å². The monoisotopic (exact) mass is 1240 g/mol. The van der Waals surface area contributed by atoms with Gasteiger partial charge < -0.3 is 33.8 Å². The summed E-state index contributed by atoms with van der Waals surface area (Å²) in [6.07, 6.45) is 37.6. The molecular formula is C65H126O17P2. The van der Waals surface area contributed by atoms with E-state index in [1.165, 1.54) is 128 Å². The lowest BCUT2D eigenvalue weighted by Gasteiger charge is -2.21. The predicted octanol–water partition coefficient (Wildman–Crippen LogP) is 17.9. The maximum atomic E-state index is 13.0. The fourth-order valence-electron chi connectivity index (χ4n) is 9.62. The Morgan fingerprint density at radius 2 is 0.607 bits per heavy atom. The molecule has 0 fully saturated rings. The van der Waals surface area contributed by atoms with Gasteiger partial charge >= 0.3 is 39.5 Å². The molecule has 0 bridgehead atoms. The van der Waals surface area contributed by atoms with Gasteiger partial charge in [-0.1, -0.05) is 267 Å². The Balaban J connectivity index is 5.25. The summed E-state index contributed by atoms with van der Waals surface area (Å²) in [6.45, 7) is 11.7. The van der Waals surface area contributed by atoms with E-state index in [4.69, 9.17) is 37.0 Å². The second kappa shape index (κ2) is 56.3. The molecule has 0 radical (unpaired) electrons. The van der Waals surface area contributed by atoms with E-state index in [0.717, 1.165) is 108 Å². The average Bonchev–Trinajstić information content (AvgIpc) is 3.53. The molecule has 0 saturated carbocycles. The van der Waals surface area contributed by atoms with Crippen LogP contribution in [0.4, 0.5) is 0 Å². The van der Waals surface area contributed by atoms with E-state index in [2.05, 4.69) is 48.5 Å². The third kappa shape index (κ3) is 57.8. The fraction of sp³-hybridized carbons (Fsp3) is 0.938. The van der Waals surface area contributed by atoms with E-state index in [1.807, 2.05) is 0 Å². The lowest BCUT2D eigenvalue weighted by Crippen LogP contribution is -2.30. The minimum Gasteiger partial charge on any atom is -0.462 e. The third-order valence-electron chi connectivity index (χ3n) is 15.2. The smallest absolute Gasteiger partial charge is 0.462 e. The highest BCUT2D eigenvalue weighted by Gasteiger charge is 2.30. The molecule has 3 unspecified atom stereocenters. The molecule has 0 aliphatic rings. The van der Waals surface area contributed by atoms with Crippen LogP contribution in [0.3, 0.4) is 0 Å². The molecule has 19 heteroatoms. The first-order chi connectivity index (χ1) is 40.3. The molecule has 0 amide bonds. The molecule has 0 aromatic heterocycles. The van der Waals surface area contributed by atoms with Crippen molar-refractivity contribution in [3.05, 3.63) is 0 Å². The van der Waals surface area contributed by atoms with Gasteiger partial charge in [0.2, 0.25) is 0 Å². The van der Waals surface area contributed by atoms with Crippen LogP contribution in [-0.4, -0.2) is 96.7 Å². The van der Waals surface area contributed by atoms with Gasteiger partial charge in [0, 0.05) is 25.7 Å². The number of carbonyl (C=O) groups is 4. The molecule has 0 heterocycles. The van der Waals surface area contributed by atoms with Crippen LogP contribution >= 0.6 is 15.6 Å². The van der Waals surface area contributed by atoms with Gasteiger partial charge in [0.15, 0.2) is 12.2 Å². The summed E-state index contributed by atoms with van der Waals surface area (Å²) in [4.78, 5) is 72.2. The molecule has 84 heavy (non-hydrogen) atoms. The molecule has 0 rings (SSSR count). The fourth-order valence-corrected chi connectivity index (χ4v) is 11.2. The first-order valence-corrected chi connectivity index (χ1v) is 36.9. The summed E-state index contributed by atoms with van der Waals surface area (Å²) in [5.41, 5.74) is 0. The van der Waals surface area contributed by atoms with Crippen LogP contribution in [0.15, 0.2) is 0 Å². The highest BCUT2D eigenvalue weighted by Crippen LogP contribution is 2.45. The Kier molecular flexibility index (Phi) is 55.0. The molecule has 6 atom stereocenters. The Labute approximate surface area is 511 Å². The lowest BCUT2D eigenvalue weighted by molar-refractivity contribution is -0.161. The minimum atomic E-state index is -4.95. The van der Waals surface area contributed by atoms with Crippen molar-refractivity contribution in [3.63, 3.8) is 0 Å². The summed E-state index contributed by atoms with van der Waals surface area (Å²) >= 11 is 0. The number of carbonyl (C=O) groups excluding carboxylic acids is 4. The number of hydrogen-bond acceptors (Lipinski definition) is 15. The number of aliphatic hydroxyl groups is 1. The standard InChI is InChI=1S/C65H126O17P2/c1-8-10-11-12-13-17-24-32-39-46-62(67)75-53-61(82-65(70)49-42-35-28-27-31-38-45-58(7)9-2)55-80-84(73,74)78-51-59(66)50-77-83(71,72)79-54-60(52-76-63(68)47-40-33-25-21-16-19-23-30-37-44-57(5)6)81-64(69)48-41-34-26-20-15-14-18-22-29-36-43-56(3)4/h56-61,66H,8-55H2,1-7H3,(H,71,72)(H,73,74)/t58?,59-,60-,61-/m1/s1. The normalized spacial score (nSPS) is 14.7. The number of phosphoric acid groups is 2. The number of rotatable bonds is 63. The van der Waals surface area contributed by atoms with E-state index in [1.54, 1.807) is 0 Å². The molecular weight excluding hydrogens is 1110 g/mol. The van der Waals surface area contributed by atoms with Crippen LogP contribution in [-0.2, 0) is 65.4 Å². The van der Waals surface area contributed by atoms with E-state index < -0.39 is 97.5 Å². The first kappa shape index (κ1) is 82.1. The van der Waals surface area contributed by atoms with E-state index in [0.29, 0.717) is 25.7 Å². The number of unbranched alkanes of at least 4 members (excludes halogenated alkanes) is 30. The second-order valence-electron chi connectivity index (χ2n) is 24.7. The summed E-state index contributed by atoms with van der Waals surface area (Å²) in [5.74, 6) is 0.0788. The third-order valence-corrected chi connectivity index (χ3v) is 17.1. The maximum absolute atomic E-state index is 13.0. The Hall–Kier alpha value is -1.94. The zero-order valence-electron chi connectivity index (χ0n) is 54.4. The van der Waals surface area contributed by atoms with Gasteiger partial charge in [0.25, 0.3) is 0 Å². The number of hydrogen-bond donors (Lipinski definition) is 3. The van der Waals surface area contributed by atoms with Crippen molar-refractivity contribution >= 4 is 39.5 Å². The average molecular weight is 1240 g/mol. The molecule has 3 N–H and O–H groups in total. The van der Waals surface area contributed by atoms with Gasteiger partial charge in [-0.25, -0.2) is 9.13 Å². The zero-order chi connectivity index (χ0) is 62.4. The summed E-state index contributed by atoms with van der Waals surface area (Å²) < 4.78 is 68.0. The van der Waals surface area contributed by atoms with Crippen LogP contribution in [0.1, 0.15) is 318 Å². The highest BCUT2D eigenvalue weighted by molar-refractivity contribution is 7.47. The SMILES string of the molecule is CCCCCCCCCCCC(=O)OC[C@H](COP(=O)(O)OC[C@H](O)COP(=O)(O)OC[C@@H](COC(=O)CCCCCCCCCCCC(C)C)OC(=O)CCCCCCCCCCCCC(C)C)OC(=O)CCCCCCCCC(C)CC. The summed E-state index contributed by atoms with van der Waals surface area (Å²) in [5, 5.41) is 10.5. The Morgan fingerprint density at radius 1 is 0.345 bits per heavy atom. The van der Waals surface area contributed by atoms with Gasteiger partial charge in [-0.3, -0.25) is 37.3 Å². The van der Waals surface area contributed by atoms with Crippen molar-refractivity contribution in [2.24, 2.45) is 17.8 Å². The lowest BCUT2D eigenvalue weighted by atomic mass is 10.00. The molecule has 0 saturated heterocycles. The predicted molar refractivity (Wildman–Crippen MR) is 335 cm³/mol. The van der Waals surface area contributed by atoms with Crippen LogP contribution in [0.5, 0.6) is 0 Å². The number of esters is 4. The topological polar surface area (TPSA) is 237 Å². The Bertz CT molecular complexity index is 1670. The van der Waals surface area contributed by atoms with Gasteiger partial charge in [-0.05, 0) is 43.4 Å². The van der Waals surface area contributed by atoms with Gasteiger partial charge in [0.05, 0.1) is 26.4 Å². The van der Waals surface area contributed by atoms with Crippen LogP contribution in [0, 0.1) is 17.8 Å².